The predicted octanol–water partition coefficient (Wildman–Crippen LogP) is 1.78. The standard InChI is InChI=1S/C9H16O2/c1-11-7-6-9(10)5-4-8-2-3-8/h8H,2-7H2,1H3. The maximum atomic E-state index is 11.1. The van der Waals surface area contributed by atoms with Crippen LogP contribution in [0.3, 0.4) is 0 Å². The Kier molecular flexibility index (Phi) is 3.57. The second-order valence-corrected chi connectivity index (χ2v) is 3.26. The lowest BCUT2D eigenvalue weighted by Crippen LogP contribution is -2.02. The Morgan fingerprint density at radius 1 is 1.45 bits per heavy atom. The van der Waals surface area contributed by atoms with E-state index in [1.807, 2.05) is 0 Å². The Balaban J connectivity index is 1.91. The predicted molar refractivity (Wildman–Crippen MR) is 43.5 cm³/mol. The monoisotopic (exact) mass is 156 g/mol. The van der Waals surface area contributed by atoms with Crippen LogP contribution in [0.2, 0.25) is 0 Å². The molecule has 0 unspecified atom stereocenters. The van der Waals surface area contributed by atoms with E-state index < -0.39 is 0 Å². The van der Waals surface area contributed by atoms with Crippen molar-refractivity contribution in [2.24, 2.45) is 5.92 Å². The number of hydrogen-bond donors (Lipinski definition) is 0. The molecule has 0 bridgehead atoms. The van der Waals surface area contributed by atoms with Gasteiger partial charge in [0.25, 0.3) is 0 Å². The number of carbonyl (C=O) groups excluding carboxylic acids is 1. The summed E-state index contributed by atoms with van der Waals surface area (Å²) in [7, 11) is 1.63. The van der Waals surface area contributed by atoms with Crippen LogP contribution in [0, 0.1) is 5.92 Å². The van der Waals surface area contributed by atoms with E-state index in [1.165, 1.54) is 12.8 Å². The molecule has 1 saturated carbocycles. The normalized spacial score (nSPS) is 16.8. The van der Waals surface area contributed by atoms with Crippen LogP contribution in [0.4, 0.5) is 0 Å². The summed E-state index contributed by atoms with van der Waals surface area (Å²) in [6.07, 6.45) is 5.18. The van der Waals surface area contributed by atoms with Crippen molar-refractivity contribution in [1.82, 2.24) is 0 Å². The highest BCUT2D eigenvalue weighted by molar-refractivity contribution is 5.78. The summed E-state index contributed by atoms with van der Waals surface area (Å²) < 4.78 is 4.81. The van der Waals surface area contributed by atoms with Gasteiger partial charge in [-0.15, -0.1) is 0 Å². The minimum absolute atomic E-state index is 0.360. The van der Waals surface area contributed by atoms with Gasteiger partial charge in [0.05, 0.1) is 6.61 Å². The molecule has 0 aromatic rings. The molecule has 0 saturated heterocycles. The molecule has 1 aliphatic rings. The van der Waals surface area contributed by atoms with Gasteiger partial charge in [-0.2, -0.15) is 0 Å². The molecule has 2 nitrogen and oxygen atoms in total. The number of carbonyl (C=O) groups is 1. The average Bonchev–Trinajstić information content (AvgIpc) is 2.80. The van der Waals surface area contributed by atoms with Crippen LogP contribution in [-0.2, 0) is 9.53 Å². The molecule has 1 aliphatic carbocycles. The van der Waals surface area contributed by atoms with Gasteiger partial charge in [0.2, 0.25) is 0 Å². The number of rotatable bonds is 6. The molecule has 0 amide bonds. The maximum Gasteiger partial charge on any atom is 0.135 e. The highest BCUT2D eigenvalue weighted by atomic mass is 16.5. The van der Waals surface area contributed by atoms with E-state index in [0.29, 0.717) is 18.8 Å². The minimum atomic E-state index is 0.360. The highest BCUT2D eigenvalue weighted by Gasteiger charge is 2.21. The van der Waals surface area contributed by atoms with Gasteiger partial charge in [-0.05, 0) is 12.3 Å². The van der Waals surface area contributed by atoms with Gasteiger partial charge >= 0.3 is 0 Å². The molecule has 0 N–H and O–H groups in total. The zero-order valence-electron chi connectivity index (χ0n) is 7.14. The molecule has 0 aromatic carbocycles. The van der Waals surface area contributed by atoms with Gasteiger partial charge in [-0.1, -0.05) is 12.8 Å². The van der Waals surface area contributed by atoms with Crippen molar-refractivity contribution >= 4 is 5.78 Å². The summed E-state index contributed by atoms with van der Waals surface area (Å²) in [6, 6.07) is 0. The number of methoxy groups -OCH3 is 1. The van der Waals surface area contributed by atoms with Gasteiger partial charge in [0.1, 0.15) is 5.78 Å². The summed E-state index contributed by atoms with van der Waals surface area (Å²) >= 11 is 0. The Hall–Kier alpha value is -0.370. The first-order valence-corrected chi connectivity index (χ1v) is 4.33. The van der Waals surface area contributed by atoms with Crippen molar-refractivity contribution in [2.45, 2.75) is 32.1 Å². The second-order valence-electron chi connectivity index (χ2n) is 3.26. The molecule has 64 valence electrons. The molecule has 0 aliphatic heterocycles. The third-order valence-electron chi connectivity index (χ3n) is 2.11. The molecule has 0 atom stereocenters. The van der Waals surface area contributed by atoms with E-state index in [9.17, 15) is 4.79 Å². The zero-order chi connectivity index (χ0) is 8.10. The lowest BCUT2D eigenvalue weighted by molar-refractivity contribution is -0.120. The van der Waals surface area contributed by atoms with Gasteiger partial charge in [-0.3, -0.25) is 4.79 Å². The first kappa shape index (κ1) is 8.72. The van der Waals surface area contributed by atoms with E-state index in [0.717, 1.165) is 18.8 Å². The van der Waals surface area contributed by atoms with Crippen molar-refractivity contribution in [2.75, 3.05) is 13.7 Å². The fourth-order valence-corrected chi connectivity index (χ4v) is 1.11. The Labute approximate surface area is 67.9 Å². The van der Waals surface area contributed by atoms with E-state index >= 15 is 0 Å². The molecular weight excluding hydrogens is 140 g/mol. The summed E-state index contributed by atoms with van der Waals surface area (Å²) in [4.78, 5) is 11.1. The van der Waals surface area contributed by atoms with Crippen molar-refractivity contribution in [3.63, 3.8) is 0 Å². The molecule has 0 heterocycles. The lowest BCUT2D eigenvalue weighted by Gasteiger charge is -1.97. The molecule has 11 heavy (non-hydrogen) atoms. The number of hydrogen-bond acceptors (Lipinski definition) is 2. The Bertz CT molecular complexity index is 128. The lowest BCUT2D eigenvalue weighted by atomic mass is 10.1. The van der Waals surface area contributed by atoms with E-state index in [1.54, 1.807) is 7.11 Å². The van der Waals surface area contributed by atoms with Crippen LogP contribution >= 0.6 is 0 Å². The second kappa shape index (κ2) is 4.50. The van der Waals surface area contributed by atoms with Crippen molar-refractivity contribution in [1.29, 1.82) is 0 Å². The maximum absolute atomic E-state index is 11.1. The fraction of sp³-hybridized carbons (Fsp3) is 0.889. The van der Waals surface area contributed by atoms with Gasteiger partial charge < -0.3 is 4.74 Å². The van der Waals surface area contributed by atoms with Crippen molar-refractivity contribution in [3.05, 3.63) is 0 Å². The van der Waals surface area contributed by atoms with E-state index in [-0.39, 0.29) is 0 Å². The zero-order valence-corrected chi connectivity index (χ0v) is 7.14. The SMILES string of the molecule is COCCC(=O)CCC1CC1. The fourth-order valence-electron chi connectivity index (χ4n) is 1.11. The molecule has 1 rings (SSSR count). The number of Topliss-reactive ketones (excluding diaryl/α,β-unsaturated/α-hetero) is 1. The van der Waals surface area contributed by atoms with Crippen molar-refractivity contribution in [3.8, 4) is 0 Å². The minimum Gasteiger partial charge on any atom is -0.384 e. The molecular formula is C9H16O2. The summed E-state index contributed by atoms with van der Waals surface area (Å²) in [6.45, 7) is 0.587. The highest BCUT2D eigenvalue weighted by Crippen LogP contribution is 2.33. The molecule has 2 heteroatoms. The smallest absolute Gasteiger partial charge is 0.135 e. The van der Waals surface area contributed by atoms with Crippen LogP contribution in [0.1, 0.15) is 32.1 Å². The third-order valence-corrected chi connectivity index (χ3v) is 2.11. The topological polar surface area (TPSA) is 26.3 Å². The average molecular weight is 156 g/mol. The molecule has 1 fully saturated rings. The molecule has 0 aromatic heterocycles. The summed E-state index contributed by atoms with van der Waals surface area (Å²) in [5, 5.41) is 0. The quantitative estimate of drug-likeness (QED) is 0.586. The van der Waals surface area contributed by atoms with Crippen molar-refractivity contribution < 1.29 is 9.53 Å². The van der Waals surface area contributed by atoms with Crippen LogP contribution < -0.4 is 0 Å². The number of ether oxygens (including phenoxy) is 1. The van der Waals surface area contributed by atoms with Crippen LogP contribution in [0.15, 0.2) is 0 Å². The van der Waals surface area contributed by atoms with Gasteiger partial charge in [0.15, 0.2) is 0 Å². The molecule has 0 radical (unpaired) electrons. The molecule has 0 spiro atoms. The van der Waals surface area contributed by atoms with E-state index in [4.69, 9.17) is 4.74 Å². The van der Waals surface area contributed by atoms with Crippen LogP contribution in [0.5, 0.6) is 0 Å². The van der Waals surface area contributed by atoms with Crippen LogP contribution in [0.25, 0.3) is 0 Å². The van der Waals surface area contributed by atoms with Gasteiger partial charge in [-0.25, -0.2) is 0 Å². The van der Waals surface area contributed by atoms with E-state index in [2.05, 4.69) is 0 Å². The van der Waals surface area contributed by atoms with Crippen LogP contribution in [-0.4, -0.2) is 19.5 Å². The summed E-state index contributed by atoms with van der Waals surface area (Å²) in [5.41, 5.74) is 0. The van der Waals surface area contributed by atoms with Gasteiger partial charge in [0, 0.05) is 20.0 Å². The Morgan fingerprint density at radius 3 is 2.73 bits per heavy atom. The first-order valence-electron chi connectivity index (χ1n) is 4.33. The number of ketones is 1. The summed E-state index contributed by atoms with van der Waals surface area (Å²) in [5.74, 6) is 1.24. The third kappa shape index (κ3) is 4.14. The Morgan fingerprint density at radius 2 is 2.18 bits per heavy atom. The largest absolute Gasteiger partial charge is 0.384 e. The first-order chi connectivity index (χ1) is 5.33.